The Morgan fingerprint density at radius 2 is 1.90 bits per heavy atom. The van der Waals surface area contributed by atoms with Gasteiger partial charge in [-0.1, -0.05) is 38.5 Å². The Hall–Kier alpha value is -1.06. The van der Waals surface area contributed by atoms with Crippen molar-refractivity contribution in [3.63, 3.8) is 0 Å². The molecule has 0 saturated heterocycles. The van der Waals surface area contributed by atoms with Crippen LogP contribution in [0.4, 0.5) is 0 Å². The first-order chi connectivity index (χ1) is 9.54. The van der Waals surface area contributed by atoms with Crippen LogP contribution in [-0.4, -0.2) is 26.9 Å². The largest absolute Gasteiger partial charge is 0.496 e. The van der Waals surface area contributed by atoms with Crippen molar-refractivity contribution in [1.82, 2.24) is 5.32 Å². The Labute approximate surface area is 123 Å². The number of methoxy groups -OCH3 is 2. The topological polar surface area (TPSA) is 30.5 Å². The molecule has 2 atom stereocenters. The van der Waals surface area contributed by atoms with E-state index in [1.165, 1.54) is 11.1 Å². The summed E-state index contributed by atoms with van der Waals surface area (Å²) < 4.78 is 11.3. The highest BCUT2D eigenvalue weighted by molar-refractivity contribution is 5.39. The van der Waals surface area contributed by atoms with Gasteiger partial charge in [-0.2, -0.15) is 0 Å². The Bertz CT molecular complexity index is 404. The van der Waals surface area contributed by atoms with E-state index in [1.807, 2.05) is 6.07 Å². The third-order valence-corrected chi connectivity index (χ3v) is 3.59. The summed E-state index contributed by atoms with van der Waals surface area (Å²) in [5.74, 6) is 1.35. The van der Waals surface area contributed by atoms with Gasteiger partial charge >= 0.3 is 0 Å². The molecule has 3 heteroatoms. The van der Waals surface area contributed by atoms with E-state index in [4.69, 9.17) is 9.47 Å². The van der Waals surface area contributed by atoms with Crippen molar-refractivity contribution in [1.29, 1.82) is 0 Å². The molecular weight excluding hydrogens is 250 g/mol. The van der Waals surface area contributed by atoms with Crippen molar-refractivity contribution in [2.45, 2.75) is 46.3 Å². The molecule has 0 spiro atoms. The lowest BCUT2D eigenvalue weighted by Crippen LogP contribution is -2.37. The molecule has 0 aliphatic heterocycles. The Balaban J connectivity index is 3.18. The zero-order valence-electron chi connectivity index (χ0n) is 13.7. The van der Waals surface area contributed by atoms with Crippen molar-refractivity contribution in [3.8, 4) is 5.75 Å². The summed E-state index contributed by atoms with van der Waals surface area (Å²) in [7, 11) is 3.51. The van der Waals surface area contributed by atoms with E-state index in [-0.39, 0.29) is 12.1 Å². The summed E-state index contributed by atoms with van der Waals surface area (Å²) in [5, 5.41) is 3.62. The molecule has 3 nitrogen and oxygen atoms in total. The fourth-order valence-corrected chi connectivity index (χ4v) is 2.59. The van der Waals surface area contributed by atoms with Crippen molar-refractivity contribution < 1.29 is 9.47 Å². The van der Waals surface area contributed by atoms with Gasteiger partial charge in [0.15, 0.2) is 0 Å². The van der Waals surface area contributed by atoms with Gasteiger partial charge in [0.1, 0.15) is 5.75 Å². The maximum atomic E-state index is 5.75. The van der Waals surface area contributed by atoms with Gasteiger partial charge in [0.05, 0.1) is 19.3 Å². The molecule has 20 heavy (non-hydrogen) atoms. The van der Waals surface area contributed by atoms with Crippen LogP contribution in [0, 0.1) is 12.8 Å². The normalized spacial score (nSPS) is 14.3. The Kier molecular flexibility index (Phi) is 7.03. The number of nitrogens with one attached hydrogen (secondary N) is 1. The van der Waals surface area contributed by atoms with Crippen LogP contribution < -0.4 is 10.1 Å². The molecule has 1 N–H and O–H groups in total. The molecule has 0 aromatic heterocycles. The zero-order valence-corrected chi connectivity index (χ0v) is 13.7. The minimum Gasteiger partial charge on any atom is -0.496 e. The molecule has 0 aliphatic carbocycles. The third kappa shape index (κ3) is 4.22. The van der Waals surface area contributed by atoms with Crippen molar-refractivity contribution in [3.05, 3.63) is 29.3 Å². The highest BCUT2D eigenvalue weighted by Gasteiger charge is 2.27. The smallest absolute Gasteiger partial charge is 0.123 e. The number of benzene rings is 1. The summed E-state index contributed by atoms with van der Waals surface area (Å²) in [6, 6.07) is 6.46. The molecule has 0 fully saturated rings. The predicted octanol–water partition coefficient (Wildman–Crippen LogP) is 3.72. The van der Waals surface area contributed by atoms with Crippen LogP contribution in [0.5, 0.6) is 5.75 Å². The van der Waals surface area contributed by atoms with Gasteiger partial charge in [-0.05, 0) is 31.9 Å². The first kappa shape index (κ1) is 17.0. The SMILES string of the molecule is CCCNC(c1cc(C)ccc1OC)C(OC)C(C)C. The molecule has 0 bridgehead atoms. The molecule has 2 unspecified atom stereocenters. The molecule has 0 amide bonds. The van der Waals surface area contributed by atoms with E-state index in [0.717, 1.165) is 18.7 Å². The quantitative estimate of drug-likeness (QED) is 0.787. The zero-order chi connectivity index (χ0) is 15.1. The number of hydrogen-bond donors (Lipinski definition) is 1. The van der Waals surface area contributed by atoms with Crippen molar-refractivity contribution >= 4 is 0 Å². The molecular formula is C17H29NO2. The van der Waals surface area contributed by atoms with Gasteiger partial charge in [0.25, 0.3) is 0 Å². The minimum atomic E-state index is 0.122. The Morgan fingerprint density at radius 3 is 2.40 bits per heavy atom. The second kappa shape index (κ2) is 8.28. The molecule has 0 radical (unpaired) electrons. The average molecular weight is 279 g/mol. The number of aryl methyl sites for hydroxylation is 1. The van der Waals surface area contributed by atoms with E-state index < -0.39 is 0 Å². The van der Waals surface area contributed by atoms with Crippen LogP contribution in [0.1, 0.15) is 44.4 Å². The number of ether oxygens (including phenoxy) is 2. The second-order valence-corrected chi connectivity index (χ2v) is 5.62. The van der Waals surface area contributed by atoms with E-state index >= 15 is 0 Å². The number of hydrogen-bond acceptors (Lipinski definition) is 3. The summed E-state index contributed by atoms with van der Waals surface area (Å²) >= 11 is 0. The molecule has 1 rings (SSSR count). The molecule has 1 aromatic carbocycles. The highest BCUT2D eigenvalue weighted by Crippen LogP contribution is 2.32. The van der Waals surface area contributed by atoms with Crippen LogP contribution in [0.15, 0.2) is 18.2 Å². The first-order valence-corrected chi connectivity index (χ1v) is 7.45. The number of rotatable bonds is 8. The van der Waals surface area contributed by atoms with Crippen LogP contribution in [-0.2, 0) is 4.74 Å². The summed E-state index contributed by atoms with van der Waals surface area (Å²) in [6.45, 7) is 9.63. The van der Waals surface area contributed by atoms with Gasteiger partial charge in [-0.15, -0.1) is 0 Å². The maximum Gasteiger partial charge on any atom is 0.123 e. The van der Waals surface area contributed by atoms with E-state index in [0.29, 0.717) is 5.92 Å². The fourth-order valence-electron chi connectivity index (χ4n) is 2.59. The van der Waals surface area contributed by atoms with Gasteiger partial charge in [-0.25, -0.2) is 0 Å². The van der Waals surface area contributed by atoms with Crippen LogP contribution in [0.25, 0.3) is 0 Å². The lowest BCUT2D eigenvalue weighted by atomic mass is 9.91. The maximum absolute atomic E-state index is 5.75. The lowest BCUT2D eigenvalue weighted by Gasteiger charge is -2.31. The van der Waals surface area contributed by atoms with Gasteiger partial charge in [0.2, 0.25) is 0 Å². The van der Waals surface area contributed by atoms with Crippen LogP contribution in [0.2, 0.25) is 0 Å². The van der Waals surface area contributed by atoms with Crippen molar-refractivity contribution in [2.75, 3.05) is 20.8 Å². The van der Waals surface area contributed by atoms with E-state index in [1.54, 1.807) is 14.2 Å². The molecule has 114 valence electrons. The predicted molar refractivity (Wildman–Crippen MR) is 84.4 cm³/mol. The van der Waals surface area contributed by atoms with Crippen LogP contribution >= 0.6 is 0 Å². The summed E-state index contributed by atoms with van der Waals surface area (Å²) in [6.07, 6.45) is 1.22. The molecule has 0 heterocycles. The monoisotopic (exact) mass is 279 g/mol. The first-order valence-electron chi connectivity index (χ1n) is 7.45. The van der Waals surface area contributed by atoms with Crippen LogP contribution in [0.3, 0.4) is 0 Å². The Morgan fingerprint density at radius 1 is 1.20 bits per heavy atom. The van der Waals surface area contributed by atoms with Gasteiger partial charge in [-0.3, -0.25) is 0 Å². The molecule has 1 aromatic rings. The molecule has 0 aliphatic rings. The van der Waals surface area contributed by atoms with Gasteiger partial charge in [0, 0.05) is 12.7 Å². The summed E-state index contributed by atoms with van der Waals surface area (Å²) in [4.78, 5) is 0. The second-order valence-electron chi connectivity index (χ2n) is 5.62. The van der Waals surface area contributed by atoms with Crippen molar-refractivity contribution in [2.24, 2.45) is 5.92 Å². The summed E-state index contributed by atoms with van der Waals surface area (Å²) in [5.41, 5.74) is 2.42. The molecule has 0 saturated carbocycles. The van der Waals surface area contributed by atoms with E-state index in [2.05, 4.69) is 45.1 Å². The lowest BCUT2D eigenvalue weighted by molar-refractivity contribution is 0.0320. The fraction of sp³-hybridized carbons (Fsp3) is 0.647. The standard InChI is InChI=1S/C17H29NO2/c1-7-10-18-16(17(20-6)12(2)3)14-11-13(4)8-9-15(14)19-5/h8-9,11-12,16-18H,7,10H2,1-6H3. The minimum absolute atomic E-state index is 0.122. The highest BCUT2D eigenvalue weighted by atomic mass is 16.5. The van der Waals surface area contributed by atoms with Gasteiger partial charge < -0.3 is 14.8 Å². The van der Waals surface area contributed by atoms with E-state index in [9.17, 15) is 0 Å². The third-order valence-electron chi connectivity index (χ3n) is 3.59. The average Bonchev–Trinajstić information content (AvgIpc) is 2.42.